The number of hydrogen-bond acceptors (Lipinski definition) is 1. The molecule has 0 aliphatic carbocycles. The highest BCUT2D eigenvalue weighted by Crippen LogP contribution is 2.33. The molecule has 0 aromatic carbocycles. The molecule has 1 atom stereocenters. The molecule has 0 spiro atoms. The first-order valence-corrected chi connectivity index (χ1v) is 3.64. The van der Waals surface area contributed by atoms with Gasteiger partial charge >= 0.3 is 6.18 Å². The van der Waals surface area contributed by atoms with Gasteiger partial charge < -0.3 is 0 Å². The van der Waals surface area contributed by atoms with Crippen LogP contribution in [0, 0.1) is 0 Å². The van der Waals surface area contributed by atoms with Crippen LogP contribution in [-0.4, -0.2) is 16.9 Å². The zero-order valence-corrected chi connectivity index (χ0v) is 6.39. The third-order valence-corrected chi connectivity index (χ3v) is 1.70. The van der Waals surface area contributed by atoms with Crippen molar-refractivity contribution in [1.29, 1.82) is 0 Å². The summed E-state index contributed by atoms with van der Waals surface area (Å²) < 4.78 is 46.2. The first-order chi connectivity index (χ1) is 4.34. The molecule has 0 aromatic heterocycles. The molecule has 0 saturated heterocycles. The van der Waals surface area contributed by atoms with Crippen molar-refractivity contribution in [3.63, 3.8) is 0 Å². The molecule has 0 heterocycles. The summed E-state index contributed by atoms with van der Waals surface area (Å²) in [5.41, 5.74) is -2.74. The maximum atomic E-state index is 12.0. The minimum absolute atomic E-state index is 0.270. The van der Waals surface area contributed by atoms with Crippen LogP contribution in [0.25, 0.3) is 0 Å². The number of halogens is 4. The lowest BCUT2D eigenvalue weighted by atomic mass is 10.6. The van der Waals surface area contributed by atoms with Gasteiger partial charge in [0.1, 0.15) is 0 Å². The van der Waals surface area contributed by atoms with Gasteiger partial charge in [0.05, 0.1) is 0 Å². The van der Waals surface area contributed by atoms with E-state index in [4.69, 9.17) is 0 Å². The fraction of sp³-hybridized carbons (Fsp3) is 1.00. The Morgan fingerprint density at radius 2 is 1.60 bits per heavy atom. The van der Waals surface area contributed by atoms with Gasteiger partial charge in [-0.05, 0) is 0 Å². The van der Waals surface area contributed by atoms with Gasteiger partial charge in [-0.2, -0.15) is 13.2 Å². The Bertz CT molecular complexity index is 98.3. The minimum atomic E-state index is -4.71. The minimum Gasteiger partial charge on any atom is -0.225 e. The van der Waals surface area contributed by atoms with E-state index in [1.165, 1.54) is 13.8 Å². The van der Waals surface area contributed by atoms with Crippen LogP contribution in [0.1, 0.15) is 13.8 Å². The highest BCUT2D eigenvalue weighted by molar-refractivity contribution is 8.00. The summed E-state index contributed by atoms with van der Waals surface area (Å²) in [5, 5.41) is -0.336. The van der Waals surface area contributed by atoms with E-state index in [1.54, 1.807) is 0 Å². The van der Waals surface area contributed by atoms with Gasteiger partial charge in [-0.15, -0.1) is 11.8 Å². The van der Waals surface area contributed by atoms with Crippen molar-refractivity contribution < 1.29 is 17.6 Å². The van der Waals surface area contributed by atoms with Gasteiger partial charge in [0.25, 0.3) is 0 Å². The number of thioether (sulfide) groups is 1. The van der Waals surface area contributed by atoms with E-state index in [2.05, 4.69) is 0 Å². The molecule has 5 heteroatoms. The van der Waals surface area contributed by atoms with Crippen molar-refractivity contribution in [2.75, 3.05) is 0 Å². The van der Waals surface area contributed by atoms with E-state index in [-0.39, 0.29) is 17.0 Å². The third kappa shape index (κ3) is 3.98. The Morgan fingerprint density at radius 3 is 1.70 bits per heavy atom. The van der Waals surface area contributed by atoms with Crippen molar-refractivity contribution in [2.24, 2.45) is 0 Å². The average molecular weight is 176 g/mol. The van der Waals surface area contributed by atoms with E-state index in [9.17, 15) is 17.6 Å². The number of rotatable bonds is 2. The van der Waals surface area contributed by atoms with Crippen molar-refractivity contribution >= 4 is 11.8 Å². The van der Waals surface area contributed by atoms with E-state index < -0.39 is 11.7 Å². The van der Waals surface area contributed by atoms with Crippen LogP contribution in [-0.2, 0) is 0 Å². The van der Waals surface area contributed by atoms with Crippen molar-refractivity contribution in [3.8, 4) is 0 Å². The van der Waals surface area contributed by atoms with Crippen LogP contribution in [0.3, 0.4) is 0 Å². The predicted molar refractivity (Wildman–Crippen MR) is 33.7 cm³/mol. The van der Waals surface area contributed by atoms with Crippen LogP contribution in [0.4, 0.5) is 17.6 Å². The predicted octanol–water partition coefficient (Wildman–Crippen LogP) is 2.99. The molecule has 10 heavy (non-hydrogen) atoms. The quantitative estimate of drug-likeness (QED) is 0.583. The summed E-state index contributed by atoms with van der Waals surface area (Å²) in [4.78, 5) is 0. The zero-order valence-electron chi connectivity index (χ0n) is 5.57. The molecule has 1 unspecified atom stereocenters. The number of alkyl halides is 4. The second-order valence-corrected chi connectivity index (χ2v) is 3.67. The Kier molecular flexibility index (Phi) is 3.48. The second kappa shape index (κ2) is 3.46. The Morgan fingerprint density at radius 1 is 1.20 bits per heavy atom. The summed E-state index contributed by atoms with van der Waals surface area (Å²) in [7, 11) is 0. The lowest BCUT2D eigenvalue weighted by Crippen LogP contribution is -2.22. The van der Waals surface area contributed by atoms with Crippen LogP contribution in [0.5, 0.6) is 0 Å². The van der Waals surface area contributed by atoms with Gasteiger partial charge in [0.2, 0.25) is 5.50 Å². The molecule has 0 bridgehead atoms. The molecule has 0 rings (SSSR count). The topological polar surface area (TPSA) is 0 Å². The number of hydrogen-bond donors (Lipinski definition) is 0. The molecule has 0 amide bonds. The Labute approximate surface area is 61.0 Å². The molecule has 0 aliphatic rings. The first kappa shape index (κ1) is 10.1. The van der Waals surface area contributed by atoms with Crippen molar-refractivity contribution in [1.82, 2.24) is 0 Å². The molecular weight excluding hydrogens is 168 g/mol. The molecule has 0 aromatic rings. The van der Waals surface area contributed by atoms with Crippen LogP contribution < -0.4 is 0 Å². The summed E-state index contributed by atoms with van der Waals surface area (Å²) in [6, 6.07) is 0. The molecule has 0 aliphatic heterocycles. The highest BCUT2D eigenvalue weighted by Gasteiger charge is 2.40. The van der Waals surface area contributed by atoms with Crippen LogP contribution in [0.2, 0.25) is 0 Å². The first-order valence-electron chi connectivity index (χ1n) is 2.70. The maximum Gasteiger partial charge on any atom is 0.429 e. The van der Waals surface area contributed by atoms with Crippen LogP contribution in [0.15, 0.2) is 0 Å². The van der Waals surface area contributed by atoms with E-state index >= 15 is 0 Å². The van der Waals surface area contributed by atoms with Crippen LogP contribution >= 0.6 is 11.8 Å². The van der Waals surface area contributed by atoms with Gasteiger partial charge in [-0.3, -0.25) is 0 Å². The lowest BCUT2D eigenvalue weighted by Gasteiger charge is -2.13. The third-order valence-electron chi connectivity index (χ3n) is 0.649. The largest absolute Gasteiger partial charge is 0.429 e. The zero-order chi connectivity index (χ0) is 8.36. The van der Waals surface area contributed by atoms with E-state index in [1.807, 2.05) is 0 Å². The van der Waals surface area contributed by atoms with Crippen molar-refractivity contribution in [2.45, 2.75) is 30.8 Å². The fourth-order valence-corrected chi connectivity index (χ4v) is 0.948. The smallest absolute Gasteiger partial charge is 0.225 e. The standard InChI is InChI=1S/C5H8F4S/c1-3(2)10-4(6)5(7,8)9/h3-4H,1-2H3. The van der Waals surface area contributed by atoms with Gasteiger partial charge in [0.15, 0.2) is 0 Å². The van der Waals surface area contributed by atoms with Gasteiger partial charge in [0, 0.05) is 5.25 Å². The molecule has 62 valence electrons. The Hall–Kier alpha value is 0.0700. The summed E-state index contributed by atoms with van der Waals surface area (Å²) >= 11 is 0.270. The molecule has 0 radical (unpaired) electrons. The highest BCUT2D eigenvalue weighted by atomic mass is 32.2. The fourth-order valence-electron chi connectivity index (χ4n) is 0.316. The summed E-state index contributed by atoms with van der Waals surface area (Å²) in [6.45, 7) is 3.03. The lowest BCUT2D eigenvalue weighted by molar-refractivity contribution is -0.154. The van der Waals surface area contributed by atoms with Gasteiger partial charge in [-0.25, -0.2) is 4.39 Å². The van der Waals surface area contributed by atoms with E-state index in [0.717, 1.165) is 0 Å². The normalized spacial score (nSPS) is 15.9. The maximum absolute atomic E-state index is 12.0. The molecule has 0 saturated carbocycles. The SMILES string of the molecule is CC(C)SC(F)C(F)(F)F. The molecule has 0 fully saturated rings. The van der Waals surface area contributed by atoms with E-state index in [0.29, 0.717) is 0 Å². The summed E-state index contributed by atoms with van der Waals surface area (Å²) in [6.07, 6.45) is -4.71. The molecule has 0 nitrogen and oxygen atoms in total. The summed E-state index contributed by atoms with van der Waals surface area (Å²) in [5.74, 6) is 0. The molecule has 0 N–H and O–H groups in total. The van der Waals surface area contributed by atoms with Crippen molar-refractivity contribution in [3.05, 3.63) is 0 Å². The monoisotopic (exact) mass is 176 g/mol. The average Bonchev–Trinajstić information content (AvgIpc) is 1.60. The van der Waals surface area contributed by atoms with Gasteiger partial charge in [-0.1, -0.05) is 13.8 Å². The second-order valence-electron chi connectivity index (χ2n) is 2.04. The molecular formula is C5H8F4S. The Balaban J connectivity index is 3.73.